The first-order chi connectivity index (χ1) is 13.6. The predicted molar refractivity (Wildman–Crippen MR) is 103 cm³/mol. The molecule has 1 fully saturated rings. The Hall–Kier alpha value is -2.58. The molecule has 2 heterocycles. The minimum atomic E-state index is -0.222. The molecule has 8 nitrogen and oxygen atoms in total. The monoisotopic (exact) mass is 389 g/mol. The second-order valence-electron chi connectivity index (χ2n) is 6.65. The molecule has 0 aliphatic carbocycles. The highest BCUT2D eigenvalue weighted by molar-refractivity contribution is 5.93. The molecule has 8 heteroatoms. The highest BCUT2D eigenvalue weighted by Gasteiger charge is 2.22. The van der Waals surface area contributed by atoms with E-state index in [0.717, 1.165) is 24.2 Å². The van der Waals surface area contributed by atoms with Crippen LogP contribution in [0.3, 0.4) is 0 Å². The van der Waals surface area contributed by atoms with Gasteiger partial charge in [-0.25, -0.2) is 0 Å². The number of aryl methyl sites for hydroxylation is 1. The second-order valence-corrected chi connectivity index (χ2v) is 6.65. The van der Waals surface area contributed by atoms with Crippen molar-refractivity contribution in [3.8, 4) is 11.5 Å². The third-order valence-corrected chi connectivity index (χ3v) is 4.83. The number of morpholine rings is 1. The largest absolute Gasteiger partial charge is 0.493 e. The summed E-state index contributed by atoms with van der Waals surface area (Å²) in [4.78, 5) is 14.9. The van der Waals surface area contributed by atoms with Crippen LogP contribution in [0, 0.1) is 6.92 Å². The Bertz CT molecular complexity index is 799. The molecule has 28 heavy (non-hydrogen) atoms. The van der Waals surface area contributed by atoms with Crippen LogP contribution >= 0.6 is 0 Å². The lowest BCUT2D eigenvalue weighted by molar-refractivity contribution is 0.0339. The number of aromatic nitrogens is 1. The fourth-order valence-corrected chi connectivity index (χ4v) is 3.18. The SMILES string of the molecule is COc1ccc(CCNC(=O)c2noc(C)c2CN2CCOCC2)cc1OC. The molecule has 3 rings (SSSR count). The average molecular weight is 389 g/mol. The van der Waals surface area contributed by atoms with Crippen LogP contribution < -0.4 is 14.8 Å². The van der Waals surface area contributed by atoms with Crippen molar-refractivity contribution in [2.45, 2.75) is 19.9 Å². The summed E-state index contributed by atoms with van der Waals surface area (Å²) in [5.74, 6) is 1.81. The van der Waals surface area contributed by atoms with Gasteiger partial charge in [0, 0.05) is 31.7 Å². The molecule has 1 aromatic heterocycles. The van der Waals surface area contributed by atoms with Gasteiger partial charge in [-0.15, -0.1) is 0 Å². The van der Waals surface area contributed by atoms with E-state index in [4.69, 9.17) is 18.7 Å². The summed E-state index contributed by atoms with van der Waals surface area (Å²) in [6.45, 7) is 6.04. The molecule has 2 aromatic rings. The summed E-state index contributed by atoms with van der Waals surface area (Å²) in [5, 5.41) is 6.90. The maximum atomic E-state index is 12.6. The minimum Gasteiger partial charge on any atom is -0.493 e. The van der Waals surface area contributed by atoms with Crippen molar-refractivity contribution in [2.75, 3.05) is 47.1 Å². The molecule has 1 saturated heterocycles. The fourth-order valence-electron chi connectivity index (χ4n) is 3.18. The summed E-state index contributed by atoms with van der Waals surface area (Å²) in [7, 11) is 3.21. The van der Waals surface area contributed by atoms with Gasteiger partial charge >= 0.3 is 0 Å². The summed E-state index contributed by atoms with van der Waals surface area (Å²) < 4.78 is 21.2. The van der Waals surface area contributed by atoms with Crippen molar-refractivity contribution in [3.05, 3.63) is 40.8 Å². The number of hydrogen-bond acceptors (Lipinski definition) is 7. The van der Waals surface area contributed by atoms with Crippen LogP contribution in [0.1, 0.15) is 27.4 Å². The van der Waals surface area contributed by atoms with Crippen molar-refractivity contribution < 1.29 is 23.5 Å². The van der Waals surface area contributed by atoms with Crippen molar-refractivity contribution in [2.24, 2.45) is 0 Å². The Kier molecular flexibility index (Phi) is 6.89. The molecule has 0 bridgehead atoms. The zero-order valence-electron chi connectivity index (χ0n) is 16.6. The Morgan fingerprint density at radius 1 is 1.21 bits per heavy atom. The van der Waals surface area contributed by atoms with Gasteiger partial charge in [0.25, 0.3) is 5.91 Å². The molecular weight excluding hydrogens is 362 g/mol. The van der Waals surface area contributed by atoms with E-state index < -0.39 is 0 Å². The zero-order valence-corrected chi connectivity index (χ0v) is 16.6. The fraction of sp³-hybridized carbons (Fsp3) is 0.500. The maximum Gasteiger partial charge on any atom is 0.273 e. The summed E-state index contributed by atoms with van der Waals surface area (Å²) in [6.07, 6.45) is 0.668. The highest BCUT2D eigenvalue weighted by atomic mass is 16.5. The molecule has 1 aliphatic heterocycles. The summed E-state index contributed by atoms with van der Waals surface area (Å²) in [6, 6.07) is 5.73. The second kappa shape index (κ2) is 9.57. The molecular formula is C20H27N3O5. The number of amides is 1. The van der Waals surface area contributed by atoms with Crippen LogP contribution in [-0.4, -0.2) is 63.0 Å². The number of benzene rings is 1. The lowest BCUT2D eigenvalue weighted by Crippen LogP contribution is -2.36. The van der Waals surface area contributed by atoms with Crippen LogP contribution in [0.5, 0.6) is 11.5 Å². The van der Waals surface area contributed by atoms with Crippen molar-refractivity contribution >= 4 is 5.91 Å². The minimum absolute atomic E-state index is 0.222. The Balaban J connectivity index is 1.58. The van der Waals surface area contributed by atoms with Crippen LogP contribution in [-0.2, 0) is 17.7 Å². The molecule has 1 aliphatic rings. The van der Waals surface area contributed by atoms with E-state index in [2.05, 4.69) is 15.4 Å². The van der Waals surface area contributed by atoms with Gasteiger partial charge in [-0.05, 0) is 31.0 Å². The van der Waals surface area contributed by atoms with E-state index in [1.165, 1.54) is 0 Å². The van der Waals surface area contributed by atoms with Gasteiger partial charge in [0.15, 0.2) is 17.2 Å². The number of ether oxygens (including phenoxy) is 3. The van der Waals surface area contributed by atoms with E-state index in [1.807, 2.05) is 25.1 Å². The molecule has 0 atom stereocenters. The van der Waals surface area contributed by atoms with Crippen molar-refractivity contribution in [1.29, 1.82) is 0 Å². The third kappa shape index (κ3) is 4.82. The number of carbonyl (C=O) groups is 1. The number of rotatable bonds is 8. The number of methoxy groups -OCH3 is 2. The van der Waals surface area contributed by atoms with Gasteiger partial charge in [0.1, 0.15) is 5.76 Å². The summed E-state index contributed by atoms with van der Waals surface area (Å²) in [5.41, 5.74) is 2.24. The van der Waals surface area contributed by atoms with E-state index >= 15 is 0 Å². The smallest absolute Gasteiger partial charge is 0.273 e. The molecule has 1 N–H and O–H groups in total. The number of hydrogen-bond donors (Lipinski definition) is 1. The summed E-state index contributed by atoms with van der Waals surface area (Å²) >= 11 is 0. The molecule has 0 unspecified atom stereocenters. The first-order valence-corrected chi connectivity index (χ1v) is 9.36. The van der Waals surface area contributed by atoms with Gasteiger partial charge in [-0.1, -0.05) is 11.2 Å². The van der Waals surface area contributed by atoms with Crippen LogP contribution in [0.25, 0.3) is 0 Å². The van der Waals surface area contributed by atoms with E-state index in [1.54, 1.807) is 14.2 Å². The van der Waals surface area contributed by atoms with E-state index in [9.17, 15) is 4.79 Å². The lowest BCUT2D eigenvalue weighted by atomic mass is 10.1. The Labute approximate surface area is 164 Å². The molecule has 0 radical (unpaired) electrons. The topological polar surface area (TPSA) is 86.1 Å². The highest BCUT2D eigenvalue weighted by Crippen LogP contribution is 2.27. The number of nitrogens with one attached hydrogen (secondary N) is 1. The third-order valence-electron chi connectivity index (χ3n) is 4.83. The normalized spacial score (nSPS) is 14.7. The average Bonchev–Trinajstić information content (AvgIpc) is 3.09. The zero-order chi connectivity index (χ0) is 19.9. The Morgan fingerprint density at radius 3 is 2.68 bits per heavy atom. The molecule has 0 spiro atoms. The van der Waals surface area contributed by atoms with Gasteiger partial charge in [-0.2, -0.15) is 0 Å². The quantitative estimate of drug-likeness (QED) is 0.737. The van der Waals surface area contributed by atoms with Crippen molar-refractivity contribution in [1.82, 2.24) is 15.4 Å². The van der Waals surface area contributed by atoms with E-state index in [-0.39, 0.29) is 5.91 Å². The first kappa shape index (κ1) is 20.2. The predicted octanol–water partition coefficient (Wildman–Crippen LogP) is 1.80. The molecule has 152 valence electrons. The van der Waals surface area contributed by atoms with Crippen molar-refractivity contribution in [3.63, 3.8) is 0 Å². The van der Waals surface area contributed by atoms with Crippen LogP contribution in [0.4, 0.5) is 0 Å². The molecule has 1 amide bonds. The Morgan fingerprint density at radius 2 is 1.96 bits per heavy atom. The van der Waals surface area contributed by atoms with Gasteiger partial charge in [0.2, 0.25) is 0 Å². The van der Waals surface area contributed by atoms with Gasteiger partial charge < -0.3 is 24.1 Å². The molecule has 1 aromatic carbocycles. The number of carbonyl (C=O) groups excluding carboxylic acids is 1. The molecule has 0 saturated carbocycles. The van der Waals surface area contributed by atoms with Gasteiger partial charge in [-0.3, -0.25) is 9.69 Å². The maximum absolute atomic E-state index is 12.6. The van der Waals surface area contributed by atoms with E-state index in [0.29, 0.717) is 55.7 Å². The van der Waals surface area contributed by atoms with Gasteiger partial charge in [0.05, 0.1) is 27.4 Å². The van der Waals surface area contributed by atoms with Crippen LogP contribution in [0.2, 0.25) is 0 Å². The standard InChI is InChI=1S/C20H27N3O5/c1-14-16(13-23-8-10-27-11-9-23)19(22-28-14)20(24)21-7-6-15-4-5-17(25-2)18(12-15)26-3/h4-5,12H,6-11,13H2,1-3H3,(H,21,24). The number of nitrogens with zero attached hydrogens (tertiary/aromatic N) is 2. The lowest BCUT2D eigenvalue weighted by Gasteiger charge is -2.26. The first-order valence-electron chi connectivity index (χ1n) is 9.36. The van der Waals surface area contributed by atoms with Crippen LogP contribution in [0.15, 0.2) is 22.7 Å².